The Bertz CT molecular complexity index is 997. The topological polar surface area (TPSA) is 114 Å². The molecular formula is C19H18F2N6O3. The number of urea groups is 1. The summed E-state index contributed by atoms with van der Waals surface area (Å²) in [6.07, 6.45) is 3.40. The molecule has 0 aliphatic carbocycles. The van der Waals surface area contributed by atoms with Gasteiger partial charge in [-0.05, 0) is 23.8 Å². The average molecular weight is 416 g/mol. The van der Waals surface area contributed by atoms with Crippen molar-refractivity contribution in [2.45, 2.75) is 25.0 Å². The number of halogens is 2. The van der Waals surface area contributed by atoms with E-state index in [4.69, 9.17) is 10.5 Å². The van der Waals surface area contributed by atoms with Gasteiger partial charge in [0, 0.05) is 37.9 Å². The predicted octanol–water partition coefficient (Wildman–Crippen LogP) is 1.86. The second-order valence-electron chi connectivity index (χ2n) is 6.94. The van der Waals surface area contributed by atoms with Crippen molar-refractivity contribution in [2.24, 2.45) is 10.8 Å². The third kappa shape index (κ3) is 4.04. The van der Waals surface area contributed by atoms with E-state index in [1.165, 1.54) is 34.3 Å². The van der Waals surface area contributed by atoms with E-state index in [-0.39, 0.29) is 24.4 Å². The van der Waals surface area contributed by atoms with Crippen LogP contribution >= 0.6 is 0 Å². The lowest BCUT2D eigenvalue weighted by Crippen LogP contribution is -2.40. The standard InChI is InChI=1S/C19H18F2N6O3/c20-12-7-11(8-13(21)9-12)16-2-5-24-27(16)19(29)26-6-3-14(10-26)30-18-23-4-1-15(25-18)17(22)28/h1,4-5,7-9,14,16H,2-3,6,10H2,(H2,22,28)/t14-,16+/m1/s1. The van der Waals surface area contributed by atoms with Gasteiger partial charge in [-0.3, -0.25) is 4.79 Å². The number of primary amides is 1. The molecule has 0 saturated carbocycles. The summed E-state index contributed by atoms with van der Waals surface area (Å²) in [6.45, 7) is 0.647. The van der Waals surface area contributed by atoms with Gasteiger partial charge >= 0.3 is 12.0 Å². The molecule has 0 spiro atoms. The van der Waals surface area contributed by atoms with Gasteiger partial charge in [-0.25, -0.2) is 23.6 Å². The SMILES string of the molecule is NC(=O)c1ccnc(O[C@@H]2CCN(C(=O)N3N=CC[C@H]3c3cc(F)cc(F)c3)C2)n1. The van der Waals surface area contributed by atoms with Crippen molar-refractivity contribution in [3.63, 3.8) is 0 Å². The molecule has 1 aromatic carbocycles. The fourth-order valence-electron chi connectivity index (χ4n) is 3.47. The number of hydrogen-bond donors (Lipinski definition) is 1. The lowest BCUT2D eigenvalue weighted by molar-refractivity contribution is 0.0992. The molecule has 0 unspecified atom stereocenters. The molecule has 2 aromatic rings. The maximum absolute atomic E-state index is 13.6. The number of hydrazone groups is 1. The Hall–Kier alpha value is -3.63. The van der Waals surface area contributed by atoms with Crippen LogP contribution in [-0.4, -0.2) is 57.2 Å². The summed E-state index contributed by atoms with van der Waals surface area (Å²) < 4.78 is 32.9. The molecule has 1 fully saturated rings. The first-order valence-corrected chi connectivity index (χ1v) is 9.27. The normalized spacial score (nSPS) is 20.6. The van der Waals surface area contributed by atoms with E-state index in [9.17, 15) is 18.4 Å². The number of carbonyl (C=O) groups is 2. The smallest absolute Gasteiger partial charge is 0.341 e. The van der Waals surface area contributed by atoms with E-state index in [0.29, 0.717) is 24.9 Å². The fraction of sp³-hybridized carbons (Fsp3) is 0.316. The summed E-state index contributed by atoms with van der Waals surface area (Å²) in [5.74, 6) is -2.12. The van der Waals surface area contributed by atoms with E-state index in [1.807, 2.05) is 0 Å². The molecule has 2 N–H and O–H groups in total. The van der Waals surface area contributed by atoms with Crippen LogP contribution in [0.3, 0.4) is 0 Å². The van der Waals surface area contributed by atoms with E-state index < -0.39 is 29.6 Å². The molecule has 4 rings (SSSR count). The largest absolute Gasteiger partial charge is 0.458 e. The summed E-state index contributed by atoms with van der Waals surface area (Å²) in [4.78, 5) is 33.6. The molecule has 11 heteroatoms. The molecule has 9 nitrogen and oxygen atoms in total. The number of carbonyl (C=O) groups excluding carboxylic acids is 2. The van der Waals surface area contributed by atoms with Crippen LogP contribution in [0.25, 0.3) is 0 Å². The van der Waals surface area contributed by atoms with E-state index >= 15 is 0 Å². The van der Waals surface area contributed by atoms with Gasteiger partial charge in [-0.1, -0.05) is 0 Å². The van der Waals surface area contributed by atoms with Gasteiger partial charge in [0.05, 0.1) is 12.6 Å². The lowest BCUT2D eigenvalue weighted by atomic mass is 10.0. The molecule has 2 aliphatic rings. The number of benzene rings is 1. The Balaban J connectivity index is 1.42. The van der Waals surface area contributed by atoms with Gasteiger partial charge in [-0.15, -0.1) is 0 Å². The highest BCUT2D eigenvalue weighted by atomic mass is 19.1. The summed E-state index contributed by atoms with van der Waals surface area (Å²) >= 11 is 0. The van der Waals surface area contributed by atoms with Crippen LogP contribution < -0.4 is 10.5 Å². The van der Waals surface area contributed by atoms with Gasteiger partial charge in [0.15, 0.2) is 0 Å². The minimum absolute atomic E-state index is 0.00194. The minimum atomic E-state index is -0.711. The zero-order valence-electron chi connectivity index (χ0n) is 15.7. The number of rotatable bonds is 4. The number of amides is 3. The molecule has 1 aromatic heterocycles. The van der Waals surface area contributed by atoms with E-state index in [1.54, 1.807) is 6.21 Å². The van der Waals surface area contributed by atoms with Crippen LogP contribution in [-0.2, 0) is 0 Å². The summed E-state index contributed by atoms with van der Waals surface area (Å²) in [5.41, 5.74) is 5.56. The van der Waals surface area contributed by atoms with Crippen molar-refractivity contribution in [2.75, 3.05) is 13.1 Å². The molecule has 3 amide bonds. The number of nitrogens with zero attached hydrogens (tertiary/aromatic N) is 5. The highest BCUT2D eigenvalue weighted by molar-refractivity contribution is 5.90. The van der Waals surface area contributed by atoms with Crippen LogP contribution in [0.4, 0.5) is 13.6 Å². The van der Waals surface area contributed by atoms with Gasteiger partial charge in [-0.2, -0.15) is 10.1 Å². The quantitative estimate of drug-likeness (QED) is 0.817. The molecule has 0 bridgehead atoms. The average Bonchev–Trinajstić information content (AvgIpc) is 3.36. The molecular weight excluding hydrogens is 398 g/mol. The fourth-order valence-corrected chi connectivity index (χ4v) is 3.47. The third-order valence-corrected chi connectivity index (χ3v) is 4.87. The number of nitrogens with two attached hydrogens (primary N) is 1. The molecule has 156 valence electrons. The van der Waals surface area contributed by atoms with E-state index in [0.717, 1.165) is 6.07 Å². The molecule has 3 heterocycles. The van der Waals surface area contributed by atoms with Crippen molar-refractivity contribution >= 4 is 18.2 Å². The Morgan fingerprint density at radius 2 is 1.97 bits per heavy atom. The van der Waals surface area contributed by atoms with Gasteiger partial charge in [0.1, 0.15) is 23.4 Å². The summed E-state index contributed by atoms with van der Waals surface area (Å²) in [7, 11) is 0. The predicted molar refractivity (Wildman–Crippen MR) is 101 cm³/mol. The monoisotopic (exact) mass is 416 g/mol. The Labute approximate surface area is 170 Å². The van der Waals surface area contributed by atoms with Crippen LogP contribution in [0, 0.1) is 11.6 Å². The van der Waals surface area contributed by atoms with Gasteiger partial charge in [0.25, 0.3) is 5.91 Å². The van der Waals surface area contributed by atoms with Crippen LogP contribution in [0.1, 0.15) is 34.9 Å². The first-order valence-electron chi connectivity index (χ1n) is 9.27. The zero-order chi connectivity index (χ0) is 21.3. The molecule has 2 aliphatic heterocycles. The Kier molecular flexibility index (Phi) is 5.25. The second kappa shape index (κ2) is 8.01. The first kappa shape index (κ1) is 19.7. The van der Waals surface area contributed by atoms with E-state index in [2.05, 4.69) is 15.1 Å². The zero-order valence-corrected chi connectivity index (χ0v) is 15.7. The number of aromatic nitrogens is 2. The van der Waals surface area contributed by atoms with Crippen LogP contribution in [0.5, 0.6) is 6.01 Å². The summed E-state index contributed by atoms with van der Waals surface area (Å²) in [6, 6.07) is 3.57. The number of ether oxygens (including phenoxy) is 1. The highest BCUT2D eigenvalue weighted by Gasteiger charge is 2.36. The maximum Gasteiger partial charge on any atom is 0.341 e. The van der Waals surface area contributed by atoms with Crippen molar-refractivity contribution in [1.29, 1.82) is 0 Å². The van der Waals surface area contributed by atoms with Crippen molar-refractivity contribution in [1.82, 2.24) is 19.9 Å². The molecule has 2 atom stereocenters. The second-order valence-corrected chi connectivity index (χ2v) is 6.94. The summed E-state index contributed by atoms with van der Waals surface area (Å²) in [5, 5.41) is 5.32. The van der Waals surface area contributed by atoms with Crippen LogP contribution in [0.2, 0.25) is 0 Å². The number of hydrogen-bond acceptors (Lipinski definition) is 6. The van der Waals surface area contributed by atoms with Crippen LogP contribution in [0.15, 0.2) is 35.6 Å². The Morgan fingerprint density at radius 1 is 1.20 bits per heavy atom. The molecule has 1 saturated heterocycles. The lowest BCUT2D eigenvalue weighted by Gasteiger charge is -2.27. The third-order valence-electron chi connectivity index (χ3n) is 4.87. The van der Waals surface area contributed by atoms with Crippen molar-refractivity contribution in [3.05, 3.63) is 53.4 Å². The molecule has 30 heavy (non-hydrogen) atoms. The first-order chi connectivity index (χ1) is 14.4. The maximum atomic E-state index is 13.6. The molecule has 0 radical (unpaired) electrons. The highest BCUT2D eigenvalue weighted by Crippen LogP contribution is 2.31. The van der Waals surface area contributed by atoms with Gasteiger partial charge < -0.3 is 15.4 Å². The Morgan fingerprint density at radius 3 is 2.70 bits per heavy atom. The van der Waals surface area contributed by atoms with Crippen molar-refractivity contribution < 1.29 is 23.1 Å². The van der Waals surface area contributed by atoms with Gasteiger partial charge in [0.2, 0.25) is 0 Å². The van der Waals surface area contributed by atoms with Crippen molar-refractivity contribution in [3.8, 4) is 6.01 Å². The number of likely N-dealkylation sites (tertiary alicyclic amines) is 1. The minimum Gasteiger partial charge on any atom is -0.458 e.